The Morgan fingerprint density at radius 2 is 2.00 bits per heavy atom. The molecule has 1 aromatic rings. The van der Waals surface area contributed by atoms with E-state index in [1.165, 1.54) is 0 Å². The number of nitrogen functional groups attached to an aromatic ring is 1. The molecule has 0 aromatic heterocycles. The quantitative estimate of drug-likeness (QED) is 0.512. The number of anilines is 2. The highest BCUT2D eigenvalue weighted by atomic mass is 35.5. The molecule has 0 fully saturated rings. The number of nitrogens with two attached hydrogens (primary N) is 1. The molecule has 0 amide bonds. The third-order valence-electron chi connectivity index (χ3n) is 1.61. The zero-order chi connectivity index (χ0) is 8.81. The topological polar surface area (TPSA) is 58.3 Å². The summed E-state index contributed by atoms with van der Waals surface area (Å²) in [4.78, 5) is 0. The van der Waals surface area contributed by atoms with E-state index in [2.05, 4.69) is 5.32 Å². The Morgan fingerprint density at radius 3 is 2.62 bits per heavy atom. The highest BCUT2D eigenvalue weighted by Crippen LogP contribution is 2.15. The third-order valence-corrected chi connectivity index (χ3v) is 1.61. The lowest BCUT2D eigenvalue weighted by Gasteiger charge is -2.07. The summed E-state index contributed by atoms with van der Waals surface area (Å²) in [6.07, 6.45) is 0.744. The molecule has 74 valence electrons. The van der Waals surface area contributed by atoms with Gasteiger partial charge in [-0.3, -0.25) is 0 Å². The second-order valence-corrected chi connectivity index (χ2v) is 2.59. The van der Waals surface area contributed by atoms with Gasteiger partial charge in [-0.25, -0.2) is 0 Å². The number of hydrogen-bond donors (Lipinski definition) is 3. The fourth-order valence-electron chi connectivity index (χ4n) is 0.960. The summed E-state index contributed by atoms with van der Waals surface area (Å²) in [5.74, 6) is 0. The maximum atomic E-state index is 8.54. The first-order chi connectivity index (χ1) is 5.84. The molecule has 0 radical (unpaired) electrons. The molecule has 0 aliphatic rings. The van der Waals surface area contributed by atoms with Gasteiger partial charge in [-0.15, -0.1) is 12.4 Å². The van der Waals surface area contributed by atoms with Gasteiger partial charge in [0.2, 0.25) is 0 Å². The van der Waals surface area contributed by atoms with Crippen LogP contribution in [0.2, 0.25) is 0 Å². The normalized spacial score (nSPS) is 9.00. The number of nitrogens with one attached hydrogen (secondary N) is 1. The molecule has 0 spiro atoms. The number of hydrogen-bond acceptors (Lipinski definition) is 3. The molecule has 4 N–H and O–H groups in total. The van der Waals surface area contributed by atoms with Crippen LogP contribution in [0.1, 0.15) is 6.42 Å². The van der Waals surface area contributed by atoms with Gasteiger partial charge in [-0.2, -0.15) is 0 Å². The van der Waals surface area contributed by atoms with Crippen LogP contribution in [-0.2, 0) is 0 Å². The van der Waals surface area contributed by atoms with Crippen molar-refractivity contribution >= 4 is 23.8 Å². The molecule has 0 aliphatic carbocycles. The predicted octanol–water partition coefficient (Wildman–Crippen LogP) is 1.48. The summed E-state index contributed by atoms with van der Waals surface area (Å²) in [5, 5.41) is 11.7. The van der Waals surface area contributed by atoms with Crippen molar-refractivity contribution < 1.29 is 5.11 Å². The molecule has 0 saturated heterocycles. The van der Waals surface area contributed by atoms with Gasteiger partial charge in [-0.05, 0) is 18.6 Å². The van der Waals surface area contributed by atoms with Crippen LogP contribution in [0.25, 0.3) is 0 Å². The number of para-hydroxylation sites is 2. The smallest absolute Gasteiger partial charge is 0.0573 e. The highest BCUT2D eigenvalue weighted by Gasteiger charge is 1.94. The van der Waals surface area contributed by atoms with E-state index < -0.39 is 0 Å². The van der Waals surface area contributed by atoms with Gasteiger partial charge >= 0.3 is 0 Å². The fourth-order valence-corrected chi connectivity index (χ4v) is 0.960. The standard InChI is InChI=1S/C9H14N2O.ClH/c10-8-4-1-2-5-9(8)11-6-3-7-12;/h1-2,4-5,11-12H,3,6-7,10H2;1H. The number of rotatable bonds is 4. The zero-order valence-corrected chi connectivity index (χ0v) is 8.18. The van der Waals surface area contributed by atoms with Crippen molar-refractivity contribution in [3.63, 3.8) is 0 Å². The molecular formula is C9H15ClN2O. The second-order valence-electron chi connectivity index (χ2n) is 2.59. The summed E-state index contributed by atoms with van der Waals surface area (Å²) in [5.41, 5.74) is 7.36. The van der Waals surface area contributed by atoms with Gasteiger partial charge in [0.15, 0.2) is 0 Å². The van der Waals surface area contributed by atoms with Crippen LogP contribution in [0, 0.1) is 0 Å². The van der Waals surface area contributed by atoms with Crippen molar-refractivity contribution in [1.82, 2.24) is 0 Å². The van der Waals surface area contributed by atoms with Gasteiger partial charge in [0.05, 0.1) is 11.4 Å². The van der Waals surface area contributed by atoms with Crippen molar-refractivity contribution in [3.05, 3.63) is 24.3 Å². The molecule has 13 heavy (non-hydrogen) atoms. The second kappa shape index (κ2) is 6.57. The monoisotopic (exact) mass is 202 g/mol. The van der Waals surface area contributed by atoms with Crippen molar-refractivity contribution in [2.24, 2.45) is 0 Å². The van der Waals surface area contributed by atoms with E-state index in [-0.39, 0.29) is 19.0 Å². The molecule has 0 aliphatic heterocycles. The Labute approximate surface area is 84.4 Å². The molecule has 1 rings (SSSR count). The van der Waals surface area contributed by atoms with Crippen LogP contribution in [0.3, 0.4) is 0 Å². The molecule has 1 aromatic carbocycles. The Bertz CT molecular complexity index is 243. The van der Waals surface area contributed by atoms with E-state index in [4.69, 9.17) is 10.8 Å². The number of halogens is 1. The maximum absolute atomic E-state index is 8.54. The average molecular weight is 203 g/mol. The van der Waals surface area contributed by atoms with Gasteiger partial charge in [0, 0.05) is 13.2 Å². The molecule has 0 saturated carbocycles. The summed E-state index contributed by atoms with van der Waals surface area (Å²) in [7, 11) is 0. The molecule has 0 bridgehead atoms. The summed E-state index contributed by atoms with van der Waals surface area (Å²) in [6.45, 7) is 0.963. The van der Waals surface area contributed by atoms with Gasteiger partial charge in [0.1, 0.15) is 0 Å². The van der Waals surface area contributed by atoms with Crippen LogP contribution in [0.5, 0.6) is 0 Å². The van der Waals surface area contributed by atoms with Crippen LogP contribution < -0.4 is 11.1 Å². The Morgan fingerprint density at radius 1 is 1.31 bits per heavy atom. The maximum Gasteiger partial charge on any atom is 0.0573 e. The lowest BCUT2D eigenvalue weighted by atomic mass is 10.2. The van der Waals surface area contributed by atoms with Gasteiger partial charge in [0.25, 0.3) is 0 Å². The van der Waals surface area contributed by atoms with E-state index in [9.17, 15) is 0 Å². The zero-order valence-electron chi connectivity index (χ0n) is 7.36. The average Bonchev–Trinajstić information content (AvgIpc) is 2.09. The van der Waals surface area contributed by atoms with E-state index in [0.717, 1.165) is 24.3 Å². The summed E-state index contributed by atoms with van der Waals surface area (Å²) < 4.78 is 0. The van der Waals surface area contributed by atoms with E-state index in [1.54, 1.807) is 0 Å². The molecule has 0 atom stereocenters. The molecule has 3 nitrogen and oxygen atoms in total. The molecule has 0 heterocycles. The van der Waals surface area contributed by atoms with Crippen molar-refractivity contribution in [1.29, 1.82) is 0 Å². The van der Waals surface area contributed by atoms with Crippen LogP contribution in [-0.4, -0.2) is 18.3 Å². The van der Waals surface area contributed by atoms with Crippen molar-refractivity contribution in [2.75, 3.05) is 24.2 Å². The van der Waals surface area contributed by atoms with Crippen molar-refractivity contribution in [3.8, 4) is 0 Å². The Hall–Kier alpha value is -0.930. The van der Waals surface area contributed by atoms with E-state index >= 15 is 0 Å². The first kappa shape index (κ1) is 12.1. The SMILES string of the molecule is Cl.Nc1ccccc1NCCCO. The fraction of sp³-hybridized carbons (Fsp3) is 0.333. The first-order valence-electron chi connectivity index (χ1n) is 4.04. The van der Waals surface area contributed by atoms with Gasteiger partial charge in [-0.1, -0.05) is 12.1 Å². The molecular weight excluding hydrogens is 188 g/mol. The summed E-state index contributed by atoms with van der Waals surface area (Å²) >= 11 is 0. The minimum absolute atomic E-state index is 0. The van der Waals surface area contributed by atoms with Gasteiger partial charge < -0.3 is 16.2 Å². The van der Waals surface area contributed by atoms with Crippen LogP contribution >= 0.6 is 12.4 Å². The lowest BCUT2D eigenvalue weighted by Crippen LogP contribution is -2.05. The lowest BCUT2D eigenvalue weighted by molar-refractivity contribution is 0.292. The van der Waals surface area contributed by atoms with E-state index in [1.807, 2.05) is 24.3 Å². The number of benzene rings is 1. The first-order valence-corrected chi connectivity index (χ1v) is 4.04. The largest absolute Gasteiger partial charge is 0.397 e. The van der Waals surface area contributed by atoms with E-state index in [0.29, 0.717) is 0 Å². The van der Waals surface area contributed by atoms with Crippen molar-refractivity contribution in [2.45, 2.75) is 6.42 Å². The molecule has 0 unspecified atom stereocenters. The van der Waals surface area contributed by atoms with Crippen LogP contribution in [0.15, 0.2) is 24.3 Å². The number of aliphatic hydroxyl groups excluding tert-OH is 1. The minimum Gasteiger partial charge on any atom is -0.397 e. The Balaban J connectivity index is 0.00000144. The molecule has 4 heteroatoms. The third kappa shape index (κ3) is 4.01. The minimum atomic E-state index is 0. The Kier molecular flexibility index (Phi) is 6.10. The highest BCUT2D eigenvalue weighted by molar-refractivity contribution is 5.85. The predicted molar refractivity (Wildman–Crippen MR) is 58.3 cm³/mol. The summed E-state index contributed by atoms with van der Waals surface area (Å²) in [6, 6.07) is 7.60. The van der Waals surface area contributed by atoms with Crippen LogP contribution in [0.4, 0.5) is 11.4 Å². The number of aliphatic hydroxyl groups is 1.